The Labute approximate surface area is 426 Å². The maximum absolute atomic E-state index is 12.9. The molecule has 0 aliphatic heterocycles. The molecule has 69 heavy (non-hydrogen) atoms. The first kappa shape index (κ1) is 65.3. The van der Waals surface area contributed by atoms with E-state index in [-0.39, 0.29) is 31.1 Å². The van der Waals surface area contributed by atoms with E-state index in [4.69, 9.17) is 14.2 Å². The van der Waals surface area contributed by atoms with Gasteiger partial charge in [0.15, 0.2) is 6.10 Å². The number of carbonyl (C=O) groups excluding carboxylic acids is 3. The molecule has 0 bridgehead atoms. The second-order valence-electron chi connectivity index (χ2n) is 18.8. The van der Waals surface area contributed by atoms with Gasteiger partial charge in [-0.15, -0.1) is 0 Å². The molecule has 0 unspecified atom stereocenters. The highest BCUT2D eigenvalue weighted by Gasteiger charge is 2.19. The topological polar surface area (TPSA) is 78.9 Å². The normalized spacial score (nSPS) is 12.8. The summed E-state index contributed by atoms with van der Waals surface area (Å²) in [6.45, 7) is 6.45. The van der Waals surface area contributed by atoms with Crippen LogP contribution in [0.2, 0.25) is 0 Å². The molecule has 0 aromatic heterocycles. The molecular formula is C63H106O6. The Balaban J connectivity index is 4.49. The number of rotatable bonds is 51. The van der Waals surface area contributed by atoms with Crippen molar-refractivity contribution in [1.82, 2.24) is 0 Å². The summed E-state index contributed by atoms with van der Waals surface area (Å²) in [7, 11) is 0. The first-order valence-corrected chi connectivity index (χ1v) is 28.7. The first-order chi connectivity index (χ1) is 34.0. The maximum atomic E-state index is 12.9. The molecule has 0 saturated heterocycles. The van der Waals surface area contributed by atoms with Crippen LogP contribution in [0.5, 0.6) is 0 Å². The lowest BCUT2D eigenvalue weighted by atomic mass is 10.0. The zero-order chi connectivity index (χ0) is 50.0. The van der Waals surface area contributed by atoms with E-state index in [1.807, 2.05) is 0 Å². The molecule has 6 heteroatoms. The van der Waals surface area contributed by atoms with Crippen LogP contribution in [-0.4, -0.2) is 37.2 Å². The van der Waals surface area contributed by atoms with Gasteiger partial charge in [-0.05, 0) is 103 Å². The Morgan fingerprint density at radius 1 is 0.304 bits per heavy atom. The average molecular weight is 960 g/mol. The van der Waals surface area contributed by atoms with Gasteiger partial charge in [-0.25, -0.2) is 0 Å². The van der Waals surface area contributed by atoms with Crippen molar-refractivity contribution in [1.29, 1.82) is 0 Å². The average Bonchev–Trinajstić information content (AvgIpc) is 3.35. The van der Waals surface area contributed by atoms with Gasteiger partial charge in [0.25, 0.3) is 0 Å². The Kier molecular flexibility index (Phi) is 53.9. The molecule has 0 aliphatic rings. The number of allylic oxidation sites excluding steroid dienone is 16. The minimum absolute atomic E-state index is 0.106. The van der Waals surface area contributed by atoms with Crippen LogP contribution in [0.25, 0.3) is 0 Å². The van der Waals surface area contributed by atoms with Crippen LogP contribution in [0.15, 0.2) is 97.2 Å². The number of hydrogen-bond acceptors (Lipinski definition) is 6. The van der Waals surface area contributed by atoms with E-state index in [2.05, 4.69) is 118 Å². The number of unbranched alkanes of at least 4 members (excludes halogenated alkanes) is 24. The molecule has 0 aromatic rings. The third-order valence-corrected chi connectivity index (χ3v) is 12.1. The predicted octanol–water partition coefficient (Wildman–Crippen LogP) is 19.3. The Bertz CT molecular complexity index is 1380. The minimum atomic E-state index is -0.806. The van der Waals surface area contributed by atoms with Crippen molar-refractivity contribution in [3.8, 4) is 0 Å². The fourth-order valence-electron chi connectivity index (χ4n) is 7.77. The fraction of sp³-hybridized carbons (Fsp3) is 0.698. The van der Waals surface area contributed by atoms with Gasteiger partial charge in [0, 0.05) is 19.3 Å². The van der Waals surface area contributed by atoms with Crippen LogP contribution in [0, 0.1) is 0 Å². The van der Waals surface area contributed by atoms with Gasteiger partial charge in [0.05, 0.1) is 0 Å². The first-order valence-electron chi connectivity index (χ1n) is 28.7. The molecule has 0 aliphatic carbocycles. The summed E-state index contributed by atoms with van der Waals surface area (Å²) in [4.78, 5) is 38.1. The quantitative estimate of drug-likeness (QED) is 0.0262. The molecule has 0 amide bonds. The predicted molar refractivity (Wildman–Crippen MR) is 297 cm³/mol. The van der Waals surface area contributed by atoms with Gasteiger partial charge >= 0.3 is 17.9 Å². The van der Waals surface area contributed by atoms with Crippen molar-refractivity contribution in [2.24, 2.45) is 0 Å². The highest BCUT2D eigenvalue weighted by Crippen LogP contribution is 2.15. The van der Waals surface area contributed by atoms with Crippen molar-refractivity contribution in [2.75, 3.05) is 13.2 Å². The summed E-state index contributed by atoms with van der Waals surface area (Å²) < 4.78 is 16.8. The van der Waals surface area contributed by atoms with Gasteiger partial charge in [0.2, 0.25) is 0 Å². The Morgan fingerprint density at radius 3 is 0.942 bits per heavy atom. The van der Waals surface area contributed by atoms with Gasteiger partial charge in [-0.3, -0.25) is 14.4 Å². The van der Waals surface area contributed by atoms with Crippen molar-refractivity contribution in [3.05, 3.63) is 97.2 Å². The zero-order valence-corrected chi connectivity index (χ0v) is 45.0. The third kappa shape index (κ3) is 55.1. The molecule has 1 atom stereocenters. The lowest BCUT2D eigenvalue weighted by Crippen LogP contribution is -2.30. The summed E-state index contributed by atoms with van der Waals surface area (Å²) in [6.07, 6.45) is 75.4. The summed E-state index contributed by atoms with van der Waals surface area (Å²) >= 11 is 0. The second-order valence-corrected chi connectivity index (χ2v) is 18.8. The van der Waals surface area contributed by atoms with Crippen LogP contribution in [0.3, 0.4) is 0 Å². The van der Waals surface area contributed by atoms with Gasteiger partial charge in [-0.1, -0.05) is 240 Å². The maximum Gasteiger partial charge on any atom is 0.306 e. The van der Waals surface area contributed by atoms with Crippen molar-refractivity contribution in [3.63, 3.8) is 0 Å². The lowest BCUT2D eigenvalue weighted by Gasteiger charge is -2.18. The number of ether oxygens (including phenoxy) is 3. The van der Waals surface area contributed by atoms with Gasteiger partial charge < -0.3 is 14.2 Å². The number of carbonyl (C=O) groups is 3. The van der Waals surface area contributed by atoms with Crippen molar-refractivity contribution < 1.29 is 28.6 Å². The molecular weight excluding hydrogens is 853 g/mol. The number of esters is 3. The third-order valence-electron chi connectivity index (χ3n) is 12.1. The summed E-state index contributed by atoms with van der Waals surface area (Å²) in [5, 5.41) is 0. The Hall–Kier alpha value is -3.67. The van der Waals surface area contributed by atoms with Crippen LogP contribution >= 0.6 is 0 Å². The van der Waals surface area contributed by atoms with E-state index >= 15 is 0 Å². The summed E-state index contributed by atoms with van der Waals surface area (Å²) in [5.41, 5.74) is 0. The molecule has 0 rings (SSSR count). The summed E-state index contributed by atoms with van der Waals surface area (Å²) in [5.74, 6) is -0.968. The van der Waals surface area contributed by atoms with Gasteiger partial charge in [-0.2, -0.15) is 0 Å². The van der Waals surface area contributed by atoms with E-state index in [0.29, 0.717) is 19.3 Å². The second kappa shape index (κ2) is 56.9. The van der Waals surface area contributed by atoms with E-state index in [9.17, 15) is 14.4 Å². The smallest absolute Gasteiger partial charge is 0.306 e. The highest BCUT2D eigenvalue weighted by molar-refractivity contribution is 5.71. The monoisotopic (exact) mass is 959 g/mol. The van der Waals surface area contributed by atoms with Crippen LogP contribution in [-0.2, 0) is 28.6 Å². The van der Waals surface area contributed by atoms with Crippen LogP contribution in [0.1, 0.15) is 265 Å². The molecule has 0 spiro atoms. The summed E-state index contributed by atoms with van der Waals surface area (Å²) in [6, 6.07) is 0. The SMILES string of the molecule is CC/C=C\C/C=C\C/C=C\C/C=C\C/C=C\CCCCCC(=O)OC[C@H](COC(=O)CCCC/C=C\C/C=C\C/C=C\CCCCC)OC(=O)CCCCCCCCCCCCCCCCCCC. The number of hydrogen-bond donors (Lipinski definition) is 0. The lowest BCUT2D eigenvalue weighted by molar-refractivity contribution is -0.167. The molecule has 0 fully saturated rings. The van der Waals surface area contributed by atoms with Gasteiger partial charge in [0.1, 0.15) is 13.2 Å². The van der Waals surface area contributed by atoms with E-state index in [0.717, 1.165) is 109 Å². The fourth-order valence-corrected chi connectivity index (χ4v) is 7.77. The largest absolute Gasteiger partial charge is 0.462 e. The molecule has 0 radical (unpaired) electrons. The van der Waals surface area contributed by atoms with E-state index in [1.54, 1.807) is 0 Å². The van der Waals surface area contributed by atoms with Crippen LogP contribution < -0.4 is 0 Å². The standard InChI is InChI=1S/C63H106O6/c1-4-7-10-13-16-19-22-25-28-30-31-33-35-38-41-44-47-50-53-56-62(65)68-59-60(58-67-61(64)55-52-49-46-43-40-37-34-27-24-21-18-15-12-9-6-3)69-63(66)57-54-51-48-45-42-39-36-32-29-26-23-20-17-14-11-8-5-2/h7,10,16,18-19,21,25,27-28,31,33-34,38,40-41,43,60H,4-6,8-9,11-15,17,20,22-24,26,29-30,32,35-37,39,42,44-59H2,1-3H3/b10-7-,19-16-,21-18-,28-25-,33-31-,34-27-,41-38-,43-40-/t60-/m0/s1. The molecule has 0 aromatic carbocycles. The molecule has 0 saturated carbocycles. The minimum Gasteiger partial charge on any atom is -0.462 e. The molecule has 6 nitrogen and oxygen atoms in total. The molecule has 0 heterocycles. The van der Waals surface area contributed by atoms with Crippen molar-refractivity contribution in [2.45, 2.75) is 271 Å². The van der Waals surface area contributed by atoms with E-state index < -0.39 is 6.10 Å². The van der Waals surface area contributed by atoms with Crippen LogP contribution in [0.4, 0.5) is 0 Å². The zero-order valence-electron chi connectivity index (χ0n) is 45.0. The van der Waals surface area contributed by atoms with E-state index in [1.165, 1.54) is 116 Å². The molecule has 394 valence electrons. The highest BCUT2D eigenvalue weighted by atomic mass is 16.6. The Morgan fingerprint density at radius 2 is 0.565 bits per heavy atom. The van der Waals surface area contributed by atoms with Crippen molar-refractivity contribution >= 4 is 17.9 Å². The molecule has 0 N–H and O–H groups in total.